The molecule has 122 valence electrons. The summed E-state index contributed by atoms with van der Waals surface area (Å²) in [5.74, 6) is 0.284. The van der Waals surface area contributed by atoms with Crippen LogP contribution in [0.5, 0.6) is 0 Å². The molecule has 0 aliphatic heterocycles. The molecule has 0 atom stereocenters. The van der Waals surface area contributed by atoms with Crippen molar-refractivity contribution < 1.29 is 4.52 Å². The SMILES string of the molecule is Cc1cc(=O)c(-c2nc(-c3cnccn3)no2)nn1-c1ccccc1. The molecule has 0 spiro atoms. The summed E-state index contributed by atoms with van der Waals surface area (Å²) in [7, 11) is 0. The molecule has 1 aromatic carbocycles. The fourth-order valence-corrected chi connectivity index (χ4v) is 2.36. The van der Waals surface area contributed by atoms with Crippen LogP contribution in [-0.4, -0.2) is 29.9 Å². The lowest BCUT2D eigenvalue weighted by Gasteiger charge is -2.09. The van der Waals surface area contributed by atoms with E-state index < -0.39 is 0 Å². The van der Waals surface area contributed by atoms with Gasteiger partial charge in [0.15, 0.2) is 5.69 Å². The zero-order valence-electron chi connectivity index (χ0n) is 13.2. The van der Waals surface area contributed by atoms with Crippen LogP contribution in [0.1, 0.15) is 5.69 Å². The molecule has 0 bridgehead atoms. The molecule has 0 N–H and O–H groups in total. The van der Waals surface area contributed by atoms with Gasteiger partial charge in [0.25, 0.3) is 5.89 Å². The Morgan fingerprint density at radius 3 is 2.72 bits per heavy atom. The van der Waals surface area contributed by atoms with Gasteiger partial charge in [-0.15, -0.1) is 0 Å². The van der Waals surface area contributed by atoms with Crippen LogP contribution in [0.3, 0.4) is 0 Å². The van der Waals surface area contributed by atoms with Crippen molar-refractivity contribution >= 4 is 0 Å². The third-order valence-electron chi connectivity index (χ3n) is 3.53. The van der Waals surface area contributed by atoms with E-state index in [0.29, 0.717) is 11.4 Å². The van der Waals surface area contributed by atoms with Gasteiger partial charge in [0, 0.05) is 24.2 Å². The van der Waals surface area contributed by atoms with Crippen molar-refractivity contribution in [1.82, 2.24) is 29.9 Å². The Balaban J connectivity index is 1.81. The number of hydrogen-bond acceptors (Lipinski definition) is 7. The van der Waals surface area contributed by atoms with E-state index in [1.54, 1.807) is 10.9 Å². The predicted molar refractivity (Wildman–Crippen MR) is 88.9 cm³/mol. The maximum Gasteiger partial charge on any atom is 0.282 e. The van der Waals surface area contributed by atoms with Gasteiger partial charge in [-0.2, -0.15) is 10.1 Å². The second-order valence-corrected chi connectivity index (χ2v) is 5.26. The van der Waals surface area contributed by atoms with Crippen LogP contribution < -0.4 is 5.43 Å². The van der Waals surface area contributed by atoms with Crippen molar-refractivity contribution in [1.29, 1.82) is 0 Å². The van der Waals surface area contributed by atoms with Crippen molar-refractivity contribution in [2.45, 2.75) is 6.92 Å². The van der Waals surface area contributed by atoms with Crippen LogP contribution >= 0.6 is 0 Å². The van der Waals surface area contributed by atoms with E-state index >= 15 is 0 Å². The minimum atomic E-state index is -0.293. The number of hydrogen-bond donors (Lipinski definition) is 0. The number of aryl methyl sites for hydroxylation is 1. The molecule has 0 radical (unpaired) electrons. The Morgan fingerprint density at radius 1 is 1.12 bits per heavy atom. The molecule has 0 aliphatic carbocycles. The lowest BCUT2D eigenvalue weighted by molar-refractivity contribution is 0.429. The molecular formula is C17H12N6O2. The largest absolute Gasteiger partial charge is 0.332 e. The van der Waals surface area contributed by atoms with E-state index in [2.05, 4.69) is 25.2 Å². The van der Waals surface area contributed by atoms with E-state index in [0.717, 1.165) is 5.69 Å². The van der Waals surface area contributed by atoms with Gasteiger partial charge in [0.05, 0.1) is 11.9 Å². The van der Waals surface area contributed by atoms with Crippen molar-refractivity contribution in [2.75, 3.05) is 0 Å². The third-order valence-corrected chi connectivity index (χ3v) is 3.53. The molecule has 25 heavy (non-hydrogen) atoms. The minimum absolute atomic E-state index is 0.0373. The minimum Gasteiger partial charge on any atom is -0.332 e. The second kappa shape index (κ2) is 6.08. The first-order chi connectivity index (χ1) is 12.2. The highest BCUT2D eigenvalue weighted by atomic mass is 16.5. The van der Waals surface area contributed by atoms with Gasteiger partial charge in [-0.05, 0) is 19.1 Å². The second-order valence-electron chi connectivity index (χ2n) is 5.26. The van der Waals surface area contributed by atoms with Crippen LogP contribution in [0.2, 0.25) is 0 Å². The summed E-state index contributed by atoms with van der Waals surface area (Å²) in [6, 6.07) is 11.0. The predicted octanol–water partition coefficient (Wildman–Crippen LogP) is 2.05. The summed E-state index contributed by atoms with van der Waals surface area (Å²) >= 11 is 0. The quantitative estimate of drug-likeness (QED) is 0.566. The van der Waals surface area contributed by atoms with Crippen LogP contribution in [-0.2, 0) is 0 Å². The molecule has 3 heterocycles. The number of para-hydroxylation sites is 1. The van der Waals surface area contributed by atoms with Gasteiger partial charge >= 0.3 is 0 Å². The number of rotatable bonds is 3. The van der Waals surface area contributed by atoms with Crippen LogP contribution in [0, 0.1) is 6.92 Å². The third kappa shape index (κ3) is 2.80. The summed E-state index contributed by atoms with van der Waals surface area (Å²) in [6.07, 6.45) is 4.59. The zero-order chi connectivity index (χ0) is 17.2. The molecule has 0 aliphatic rings. The number of nitrogens with zero attached hydrogens (tertiary/aromatic N) is 6. The standard InChI is InChI=1S/C17H12N6O2/c1-11-9-14(24)15(21-23(11)12-5-3-2-4-6-12)17-20-16(22-25-17)13-10-18-7-8-19-13/h2-10H,1H3. The highest BCUT2D eigenvalue weighted by molar-refractivity contribution is 5.53. The molecular weight excluding hydrogens is 320 g/mol. The van der Waals surface area contributed by atoms with Crippen molar-refractivity contribution in [3.63, 3.8) is 0 Å². The van der Waals surface area contributed by atoms with Crippen molar-refractivity contribution in [2.24, 2.45) is 0 Å². The molecule has 0 unspecified atom stereocenters. The lowest BCUT2D eigenvalue weighted by atomic mass is 10.3. The molecule has 4 rings (SSSR count). The fraction of sp³-hybridized carbons (Fsp3) is 0.0588. The first kappa shape index (κ1) is 14.9. The average Bonchev–Trinajstić information content (AvgIpc) is 3.13. The van der Waals surface area contributed by atoms with E-state index in [1.165, 1.54) is 18.5 Å². The van der Waals surface area contributed by atoms with Crippen LogP contribution in [0.25, 0.3) is 28.8 Å². The Kier molecular flexibility index (Phi) is 3.62. The summed E-state index contributed by atoms with van der Waals surface area (Å²) in [6.45, 7) is 1.81. The van der Waals surface area contributed by atoms with Gasteiger partial charge < -0.3 is 4.52 Å². The monoisotopic (exact) mass is 332 g/mol. The number of aromatic nitrogens is 6. The van der Waals surface area contributed by atoms with Crippen molar-refractivity contribution in [3.8, 4) is 28.8 Å². The summed E-state index contributed by atoms with van der Waals surface area (Å²) in [4.78, 5) is 24.6. The summed E-state index contributed by atoms with van der Waals surface area (Å²) < 4.78 is 6.87. The smallest absolute Gasteiger partial charge is 0.282 e. The maximum atomic E-state index is 12.3. The first-order valence-corrected chi connectivity index (χ1v) is 7.49. The van der Waals surface area contributed by atoms with E-state index in [1.807, 2.05) is 37.3 Å². The van der Waals surface area contributed by atoms with E-state index in [4.69, 9.17) is 4.52 Å². The Hall–Kier alpha value is -3.68. The molecule has 0 fully saturated rings. The van der Waals surface area contributed by atoms with Gasteiger partial charge in [0.2, 0.25) is 11.3 Å². The molecule has 0 saturated carbocycles. The Morgan fingerprint density at radius 2 is 1.96 bits per heavy atom. The maximum absolute atomic E-state index is 12.3. The van der Waals surface area contributed by atoms with Gasteiger partial charge in [-0.3, -0.25) is 9.78 Å². The normalized spacial score (nSPS) is 10.8. The molecule has 4 aromatic rings. The molecule has 3 aromatic heterocycles. The first-order valence-electron chi connectivity index (χ1n) is 7.49. The zero-order valence-corrected chi connectivity index (χ0v) is 13.2. The molecule has 0 amide bonds. The average molecular weight is 332 g/mol. The Labute approximate surface area is 141 Å². The van der Waals surface area contributed by atoms with Gasteiger partial charge in [0.1, 0.15) is 5.69 Å². The van der Waals surface area contributed by atoms with E-state index in [9.17, 15) is 4.79 Å². The summed E-state index contributed by atoms with van der Waals surface area (Å²) in [5.41, 5.74) is 1.77. The molecule has 0 saturated heterocycles. The Bertz CT molecular complexity index is 1070. The summed E-state index contributed by atoms with van der Waals surface area (Å²) in [5, 5.41) is 8.24. The molecule has 8 nitrogen and oxygen atoms in total. The van der Waals surface area contributed by atoms with Crippen LogP contribution in [0.4, 0.5) is 0 Å². The van der Waals surface area contributed by atoms with Gasteiger partial charge in [-0.25, -0.2) is 9.67 Å². The molecule has 8 heteroatoms. The lowest BCUT2D eigenvalue weighted by Crippen LogP contribution is -2.16. The highest BCUT2D eigenvalue weighted by Crippen LogP contribution is 2.17. The fourth-order valence-electron chi connectivity index (χ4n) is 2.36. The van der Waals surface area contributed by atoms with Gasteiger partial charge in [-0.1, -0.05) is 23.4 Å². The van der Waals surface area contributed by atoms with E-state index in [-0.39, 0.29) is 22.8 Å². The topological polar surface area (TPSA) is 99.6 Å². The van der Waals surface area contributed by atoms with Crippen molar-refractivity contribution in [3.05, 3.63) is 70.9 Å². The highest BCUT2D eigenvalue weighted by Gasteiger charge is 2.17. The number of benzene rings is 1. The van der Waals surface area contributed by atoms with Crippen LogP contribution in [0.15, 0.2) is 64.3 Å².